The van der Waals surface area contributed by atoms with E-state index in [0.29, 0.717) is 17.9 Å². The van der Waals surface area contributed by atoms with E-state index in [4.69, 9.17) is 4.74 Å². The fourth-order valence-corrected chi connectivity index (χ4v) is 2.53. The quantitative estimate of drug-likeness (QED) is 0.816. The van der Waals surface area contributed by atoms with Crippen LogP contribution < -0.4 is 5.32 Å². The van der Waals surface area contributed by atoms with Gasteiger partial charge in [-0.15, -0.1) is 0 Å². The second-order valence-corrected chi connectivity index (χ2v) is 5.40. The van der Waals surface area contributed by atoms with Crippen LogP contribution in [-0.2, 0) is 14.3 Å². The third-order valence-electron chi connectivity index (χ3n) is 3.69. The molecule has 0 saturated carbocycles. The van der Waals surface area contributed by atoms with E-state index < -0.39 is 5.97 Å². The molecule has 124 valence electrons. The topological polar surface area (TPSA) is 75.7 Å². The molecule has 0 aromatic heterocycles. The van der Waals surface area contributed by atoms with Crippen LogP contribution in [0.4, 0.5) is 5.69 Å². The first-order valence-corrected chi connectivity index (χ1v) is 7.95. The Hall–Kier alpha value is -2.37. The minimum absolute atomic E-state index is 0.0297. The number of nitrogens with zero attached hydrogens (tertiary/aromatic N) is 1. The first-order valence-electron chi connectivity index (χ1n) is 7.95. The molecule has 2 amide bonds. The van der Waals surface area contributed by atoms with E-state index in [-0.39, 0.29) is 24.7 Å². The van der Waals surface area contributed by atoms with Crippen molar-refractivity contribution >= 4 is 23.5 Å². The SMILES string of the molecule is CCOC(=O)CCC(=O)Nc1ccccc1C(=O)N1CCCC1. The third-order valence-corrected chi connectivity index (χ3v) is 3.69. The van der Waals surface area contributed by atoms with Gasteiger partial charge >= 0.3 is 5.97 Å². The highest BCUT2D eigenvalue weighted by Crippen LogP contribution is 2.20. The van der Waals surface area contributed by atoms with E-state index >= 15 is 0 Å². The zero-order chi connectivity index (χ0) is 16.7. The van der Waals surface area contributed by atoms with Gasteiger partial charge in [0, 0.05) is 19.5 Å². The number of carbonyl (C=O) groups is 3. The van der Waals surface area contributed by atoms with Crippen molar-refractivity contribution in [2.75, 3.05) is 25.0 Å². The van der Waals surface area contributed by atoms with Crippen LogP contribution in [-0.4, -0.2) is 42.4 Å². The number of hydrogen-bond acceptors (Lipinski definition) is 4. The Balaban J connectivity index is 1.98. The van der Waals surface area contributed by atoms with E-state index in [9.17, 15) is 14.4 Å². The highest BCUT2D eigenvalue weighted by atomic mass is 16.5. The summed E-state index contributed by atoms with van der Waals surface area (Å²) in [6.45, 7) is 3.53. The van der Waals surface area contributed by atoms with Gasteiger partial charge in [-0.3, -0.25) is 14.4 Å². The molecule has 0 spiro atoms. The standard InChI is InChI=1S/C17H22N2O4/c1-2-23-16(21)10-9-15(20)18-14-8-4-3-7-13(14)17(22)19-11-5-6-12-19/h3-4,7-8H,2,5-6,9-12H2,1H3,(H,18,20). The summed E-state index contributed by atoms with van der Waals surface area (Å²) in [5, 5.41) is 2.72. The lowest BCUT2D eigenvalue weighted by atomic mass is 10.1. The summed E-state index contributed by atoms with van der Waals surface area (Å²) in [5.41, 5.74) is 0.970. The van der Waals surface area contributed by atoms with Gasteiger partial charge in [0.05, 0.1) is 24.3 Å². The van der Waals surface area contributed by atoms with Crippen LogP contribution in [0.2, 0.25) is 0 Å². The average molecular weight is 318 g/mol. The Morgan fingerprint density at radius 1 is 1.13 bits per heavy atom. The molecule has 1 aliphatic rings. The summed E-state index contributed by atoms with van der Waals surface area (Å²) in [5.74, 6) is -0.771. The Labute approximate surface area is 135 Å². The lowest BCUT2D eigenvalue weighted by Gasteiger charge is -2.17. The first-order chi connectivity index (χ1) is 11.1. The van der Waals surface area contributed by atoms with Crippen molar-refractivity contribution in [2.45, 2.75) is 32.6 Å². The molecule has 0 atom stereocenters. The van der Waals surface area contributed by atoms with E-state index in [1.807, 2.05) is 0 Å². The molecule has 0 bridgehead atoms. The molecule has 2 rings (SSSR count). The van der Waals surface area contributed by atoms with Crippen molar-refractivity contribution < 1.29 is 19.1 Å². The largest absolute Gasteiger partial charge is 0.466 e. The normalized spacial score (nSPS) is 13.7. The van der Waals surface area contributed by atoms with Crippen LogP contribution in [0.25, 0.3) is 0 Å². The maximum atomic E-state index is 12.5. The summed E-state index contributed by atoms with van der Waals surface area (Å²) in [6.07, 6.45) is 2.09. The van der Waals surface area contributed by atoms with E-state index in [1.165, 1.54) is 0 Å². The third kappa shape index (κ3) is 4.81. The number of ether oxygens (including phenoxy) is 1. The van der Waals surface area contributed by atoms with E-state index in [0.717, 1.165) is 25.9 Å². The number of carbonyl (C=O) groups excluding carboxylic acids is 3. The minimum atomic E-state index is -0.399. The van der Waals surface area contributed by atoms with Gasteiger partial charge in [0.1, 0.15) is 0 Å². The van der Waals surface area contributed by atoms with Crippen molar-refractivity contribution in [1.82, 2.24) is 4.90 Å². The van der Waals surface area contributed by atoms with Crippen molar-refractivity contribution in [3.8, 4) is 0 Å². The van der Waals surface area contributed by atoms with Gasteiger partial charge in [-0.25, -0.2) is 0 Å². The van der Waals surface area contributed by atoms with Crippen LogP contribution in [0.3, 0.4) is 0 Å². The predicted octanol–water partition coefficient (Wildman–Crippen LogP) is 2.20. The van der Waals surface area contributed by atoms with Gasteiger partial charge in [-0.1, -0.05) is 12.1 Å². The van der Waals surface area contributed by atoms with Crippen LogP contribution in [0.1, 0.15) is 43.0 Å². The van der Waals surface area contributed by atoms with Crippen molar-refractivity contribution in [1.29, 1.82) is 0 Å². The molecular formula is C17H22N2O4. The maximum Gasteiger partial charge on any atom is 0.306 e. The number of amides is 2. The molecule has 0 aliphatic carbocycles. The molecule has 0 unspecified atom stereocenters. The number of para-hydroxylation sites is 1. The van der Waals surface area contributed by atoms with Gasteiger partial charge in [0.2, 0.25) is 5.91 Å². The molecule has 1 fully saturated rings. The van der Waals surface area contributed by atoms with Crippen molar-refractivity contribution in [3.05, 3.63) is 29.8 Å². The summed E-state index contributed by atoms with van der Waals surface area (Å²) in [6, 6.07) is 6.95. The highest BCUT2D eigenvalue weighted by molar-refractivity contribution is 6.04. The number of likely N-dealkylation sites (tertiary alicyclic amines) is 1. The van der Waals surface area contributed by atoms with Crippen molar-refractivity contribution in [2.24, 2.45) is 0 Å². The van der Waals surface area contributed by atoms with Crippen LogP contribution in [0.15, 0.2) is 24.3 Å². The highest BCUT2D eigenvalue weighted by Gasteiger charge is 2.22. The minimum Gasteiger partial charge on any atom is -0.466 e. The first kappa shape index (κ1) is 17.0. The predicted molar refractivity (Wildman–Crippen MR) is 86.1 cm³/mol. The Kier molecular flexibility index (Phi) is 6.14. The Morgan fingerprint density at radius 3 is 2.52 bits per heavy atom. The molecule has 1 aromatic carbocycles. The second kappa shape index (κ2) is 8.31. The summed E-state index contributed by atoms with van der Waals surface area (Å²) in [7, 11) is 0. The van der Waals surface area contributed by atoms with Crippen LogP contribution in [0, 0.1) is 0 Å². The zero-order valence-electron chi connectivity index (χ0n) is 13.3. The molecule has 6 heteroatoms. The van der Waals surface area contributed by atoms with E-state index in [2.05, 4.69) is 5.32 Å². The molecule has 1 heterocycles. The van der Waals surface area contributed by atoms with Gasteiger partial charge in [-0.05, 0) is 31.9 Å². The number of rotatable bonds is 6. The lowest BCUT2D eigenvalue weighted by molar-refractivity contribution is -0.144. The summed E-state index contributed by atoms with van der Waals surface area (Å²) >= 11 is 0. The van der Waals surface area contributed by atoms with E-state index in [1.54, 1.807) is 36.1 Å². The summed E-state index contributed by atoms with van der Waals surface area (Å²) < 4.78 is 4.79. The molecule has 6 nitrogen and oxygen atoms in total. The molecule has 1 aliphatic heterocycles. The van der Waals surface area contributed by atoms with Gasteiger partial charge in [-0.2, -0.15) is 0 Å². The Morgan fingerprint density at radius 2 is 1.83 bits per heavy atom. The van der Waals surface area contributed by atoms with Crippen LogP contribution >= 0.6 is 0 Å². The molecule has 0 radical (unpaired) electrons. The lowest BCUT2D eigenvalue weighted by Crippen LogP contribution is -2.28. The zero-order valence-corrected chi connectivity index (χ0v) is 13.3. The Bertz CT molecular complexity index is 580. The molecular weight excluding hydrogens is 296 g/mol. The van der Waals surface area contributed by atoms with Gasteiger partial charge < -0.3 is 15.0 Å². The summed E-state index contributed by atoms with van der Waals surface area (Å²) in [4.78, 5) is 37.6. The fourth-order valence-electron chi connectivity index (χ4n) is 2.53. The number of benzene rings is 1. The molecule has 1 aromatic rings. The van der Waals surface area contributed by atoms with Gasteiger partial charge in [0.15, 0.2) is 0 Å². The smallest absolute Gasteiger partial charge is 0.306 e. The maximum absolute atomic E-state index is 12.5. The molecule has 23 heavy (non-hydrogen) atoms. The molecule has 1 N–H and O–H groups in total. The average Bonchev–Trinajstić information content (AvgIpc) is 3.07. The number of hydrogen-bond donors (Lipinski definition) is 1. The number of nitrogens with one attached hydrogen (secondary N) is 1. The monoisotopic (exact) mass is 318 g/mol. The van der Waals surface area contributed by atoms with Gasteiger partial charge in [0.25, 0.3) is 5.91 Å². The molecule has 1 saturated heterocycles. The number of esters is 1. The second-order valence-electron chi connectivity index (χ2n) is 5.40. The number of anilines is 1. The van der Waals surface area contributed by atoms with Crippen LogP contribution in [0.5, 0.6) is 0 Å². The van der Waals surface area contributed by atoms with Crippen molar-refractivity contribution in [3.63, 3.8) is 0 Å². The fraction of sp³-hybridized carbons (Fsp3) is 0.471.